The van der Waals surface area contributed by atoms with Crippen LogP contribution in [0.25, 0.3) is 0 Å². The Balaban J connectivity index is 1.91. The van der Waals surface area contributed by atoms with E-state index in [2.05, 4.69) is 12.2 Å². The van der Waals surface area contributed by atoms with E-state index in [1.54, 1.807) is 17.8 Å². The number of rotatable bonds is 7. The molecule has 1 fully saturated rings. The molecule has 20 heavy (non-hydrogen) atoms. The molecule has 1 saturated heterocycles. The van der Waals surface area contributed by atoms with E-state index in [1.165, 1.54) is 12.1 Å². The van der Waals surface area contributed by atoms with Crippen LogP contribution in [0.4, 0.5) is 8.78 Å². The van der Waals surface area contributed by atoms with E-state index < -0.39 is 11.6 Å². The summed E-state index contributed by atoms with van der Waals surface area (Å²) in [7, 11) is 0. The van der Waals surface area contributed by atoms with Gasteiger partial charge in [-0.15, -0.1) is 11.8 Å². The van der Waals surface area contributed by atoms with E-state index in [1.807, 2.05) is 0 Å². The van der Waals surface area contributed by atoms with Gasteiger partial charge in [0.05, 0.1) is 6.61 Å². The lowest BCUT2D eigenvalue weighted by molar-refractivity contribution is 0.179. The Bertz CT molecular complexity index is 424. The lowest BCUT2D eigenvalue weighted by atomic mass is 10.0. The summed E-state index contributed by atoms with van der Waals surface area (Å²) < 4.78 is 31.5. The van der Waals surface area contributed by atoms with E-state index in [9.17, 15) is 8.78 Å². The lowest BCUT2D eigenvalue weighted by Crippen LogP contribution is -2.39. The third kappa shape index (κ3) is 4.43. The molecule has 1 aromatic carbocycles. The molecule has 0 aliphatic carbocycles. The minimum atomic E-state index is -0.792. The molecule has 0 radical (unpaired) electrons. The number of thioether (sulfide) groups is 1. The molecule has 1 heterocycles. The van der Waals surface area contributed by atoms with Crippen molar-refractivity contribution in [2.75, 3.05) is 25.5 Å². The van der Waals surface area contributed by atoms with Gasteiger partial charge in [0.1, 0.15) is 0 Å². The van der Waals surface area contributed by atoms with Crippen molar-refractivity contribution in [2.45, 2.75) is 30.7 Å². The Morgan fingerprint density at radius 3 is 2.90 bits per heavy atom. The van der Waals surface area contributed by atoms with Crippen molar-refractivity contribution >= 4 is 11.8 Å². The Labute approximate surface area is 123 Å². The van der Waals surface area contributed by atoms with Crippen LogP contribution in [0.1, 0.15) is 19.8 Å². The van der Waals surface area contributed by atoms with Crippen LogP contribution < -0.4 is 5.32 Å². The summed E-state index contributed by atoms with van der Waals surface area (Å²) in [4.78, 5) is 0.770. The van der Waals surface area contributed by atoms with Gasteiger partial charge in [0.25, 0.3) is 0 Å². The number of hydrogen-bond donors (Lipinski definition) is 1. The van der Waals surface area contributed by atoms with Gasteiger partial charge in [0, 0.05) is 29.2 Å². The number of benzene rings is 1. The molecule has 1 aliphatic rings. The van der Waals surface area contributed by atoms with Crippen molar-refractivity contribution in [1.82, 2.24) is 5.32 Å². The first kappa shape index (κ1) is 15.7. The summed E-state index contributed by atoms with van der Waals surface area (Å²) in [6.07, 6.45) is 2.15. The normalized spacial score (nSPS) is 20.2. The summed E-state index contributed by atoms with van der Waals surface area (Å²) >= 11 is 1.56. The van der Waals surface area contributed by atoms with Crippen molar-refractivity contribution < 1.29 is 13.5 Å². The van der Waals surface area contributed by atoms with Crippen LogP contribution in [0.2, 0.25) is 0 Å². The Kier molecular flexibility index (Phi) is 6.26. The quantitative estimate of drug-likeness (QED) is 0.779. The predicted octanol–water partition coefficient (Wildman–Crippen LogP) is 3.46. The number of ether oxygens (including phenoxy) is 1. The second-order valence-electron chi connectivity index (χ2n) is 5.07. The van der Waals surface area contributed by atoms with Crippen molar-refractivity contribution in [3.63, 3.8) is 0 Å². The Morgan fingerprint density at radius 1 is 1.40 bits per heavy atom. The minimum absolute atomic E-state index is 0.357. The highest BCUT2D eigenvalue weighted by atomic mass is 32.2. The zero-order chi connectivity index (χ0) is 14.4. The highest BCUT2D eigenvalue weighted by molar-refractivity contribution is 7.99. The fourth-order valence-electron chi connectivity index (χ4n) is 2.31. The summed E-state index contributed by atoms with van der Waals surface area (Å²) in [6, 6.07) is 4.44. The molecule has 0 amide bonds. The van der Waals surface area contributed by atoms with E-state index in [-0.39, 0.29) is 0 Å². The van der Waals surface area contributed by atoms with E-state index in [4.69, 9.17) is 4.74 Å². The molecule has 0 bridgehead atoms. The average molecular weight is 301 g/mol. The minimum Gasteiger partial charge on any atom is -0.381 e. The van der Waals surface area contributed by atoms with Crippen molar-refractivity contribution in [3.05, 3.63) is 29.8 Å². The molecule has 112 valence electrons. The maximum absolute atomic E-state index is 13.2. The molecule has 2 rings (SSSR count). The van der Waals surface area contributed by atoms with Crippen LogP contribution in [-0.4, -0.2) is 31.6 Å². The van der Waals surface area contributed by atoms with Crippen LogP contribution in [0.15, 0.2) is 23.1 Å². The molecule has 2 unspecified atom stereocenters. The lowest BCUT2D eigenvalue weighted by Gasteiger charge is -2.23. The monoisotopic (exact) mass is 301 g/mol. The Morgan fingerprint density at radius 2 is 2.25 bits per heavy atom. The smallest absolute Gasteiger partial charge is 0.159 e. The van der Waals surface area contributed by atoms with Crippen molar-refractivity contribution in [3.8, 4) is 0 Å². The molecule has 1 aromatic rings. The maximum atomic E-state index is 13.2. The third-order valence-corrected chi connectivity index (χ3v) is 4.62. The van der Waals surface area contributed by atoms with Gasteiger partial charge in [-0.1, -0.05) is 6.92 Å². The molecule has 5 heteroatoms. The molecular formula is C15H21F2NOS. The summed E-state index contributed by atoms with van der Waals surface area (Å²) in [5, 5.41) is 3.54. The van der Waals surface area contributed by atoms with Gasteiger partial charge in [-0.05, 0) is 37.6 Å². The van der Waals surface area contributed by atoms with Gasteiger partial charge >= 0.3 is 0 Å². The highest BCUT2D eigenvalue weighted by Crippen LogP contribution is 2.25. The van der Waals surface area contributed by atoms with E-state index in [0.717, 1.165) is 43.2 Å². The van der Waals surface area contributed by atoms with Crippen LogP contribution in [0.5, 0.6) is 0 Å². The summed E-state index contributed by atoms with van der Waals surface area (Å²) in [5.74, 6) is -0.213. The standard InChI is InChI=1S/C15H21F2NOS/c1-2-6-18-15(11-5-7-19-9-11)10-20-12-3-4-13(16)14(17)8-12/h3-4,8,11,15,18H,2,5-7,9-10H2,1H3. The van der Waals surface area contributed by atoms with Crippen molar-refractivity contribution in [1.29, 1.82) is 0 Å². The molecular weight excluding hydrogens is 280 g/mol. The molecule has 1 aliphatic heterocycles. The molecule has 2 atom stereocenters. The van der Waals surface area contributed by atoms with Gasteiger partial charge in [0.15, 0.2) is 11.6 Å². The van der Waals surface area contributed by atoms with Crippen molar-refractivity contribution in [2.24, 2.45) is 5.92 Å². The number of hydrogen-bond acceptors (Lipinski definition) is 3. The van der Waals surface area contributed by atoms with E-state index >= 15 is 0 Å². The van der Waals surface area contributed by atoms with Gasteiger partial charge < -0.3 is 10.1 Å². The van der Waals surface area contributed by atoms with Gasteiger partial charge in [-0.3, -0.25) is 0 Å². The summed E-state index contributed by atoms with van der Waals surface area (Å²) in [6.45, 7) is 4.72. The zero-order valence-electron chi connectivity index (χ0n) is 11.7. The van der Waals surface area contributed by atoms with Gasteiger partial charge in [-0.25, -0.2) is 8.78 Å². The van der Waals surface area contributed by atoms with Crippen LogP contribution in [0, 0.1) is 17.6 Å². The predicted molar refractivity (Wildman–Crippen MR) is 78.1 cm³/mol. The average Bonchev–Trinajstić information content (AvgIpc) is 2.97. The maximum Gasteiger partial charge on any atom is 0.159 e. The molecule has 0 saturated carbocycles. The van der Waals surface area contributed by atoms with Gasteiger partial charge in [-0.2, -0.15) is 0 Å². The molecule has 2 nitrogen and oxygen atoms in total. The SMILES string of the molecule is CCCNC(CSc1ccc(F)c(F)c1)C1CCOC1. The topological polar surface area (TPSA) is 21.3 Å². The second kappa shape index (κ2) is 7.96. The molecule has 0 spiro atoms. The van der Waals surface area contributed by atoms with Crippen LogP contribution in [-0.2, 0) is 4.74 Å². The van der Waals surface area contributed by atoms with Crippen LogP contribution in [0.3, 0.4) is 0 Å². The fraction of sp³-hybridized carbons (Fsp3) is 0.600. The largest absolute Gasteiger partial charge is 0.381 e. The highest BCUT2D eigenvalue weighted by Gasteiger charge is 2.25. The first-order valence-electron chi connectivity index (χ1n) is 7.09. The second-order valence-corrected chi connectivity index (χ2v) is 6.16. The number of nitrogens with one attached hydrogen (secondary N) is 1. The van der Waals surface area contributed by atoms with Crippen LogP contribution >= 0.6 is 11.8 Å². The first-order chi connectivity index (χ1) is 9.70. The van der Waals surface area contributed by atoms with E-state index in [0.29, 0.717) is 12.0 Å². The molecule has 1 N–H and O–H groups in total. The third-order valence-electron chi connectivity index (χ3n) is 3.51. The fourth-order valence-corrected chi connectivity index (χ4v) is 3.43. The van der Waals surface area contributed by atoms with Gasteiger partial charge in [0.2, 0.25) is 0 Å². The zero-order valence-corrected chi connectivity index (χ0v) is 12.5. The first-order valence-corrected chi connectivity index (χ1v) is 8.08. The number of halogens is 2. The Hall–Kier alpha value is -0.650. The summed E-state index contributed by atoms with van der Waals surface area (Å²) in [5.41, 5.74) is 0. The molecule has 0 aromatic heterocycles.